The summed E-state index contributed by atoms with van der Waals surface area (Å²) in [7, 11) is 0. The molecule has 0 radical (unpaired) electrons. The third-order valence-electron chi connectivity index (χ3n) is 2.86. The van der Waals surface area contributed by atoms with E-state index in [-0.39, 0.29) is 0 Å². The molecule has 1 nitrogen and oxygen atoms in total. The monoisotopic (exact) mass is 223 g/mol. The highest BCUT2D eigenvalue weighted by atomic mass is 35.5. The number of hydrogen-bond donors (Lipinski definition) is 1. The molecule has 1 unspecified atom stereocenters. The lowest BCUT2D eigenvalue weighted by atomic mass is 10.0. The van der Waals surface area contributed by atoms with Crippen molar-refractivity contribution in [3.63, 3.8) is 0 Å². The zero-order valence-corrected chi connectivity index (χ0v) is 9.93. The zero-order chi connectivity index (χ0) is 10.7. The highest BCUT2D eigenvalue weighted by Crippen LogP contribution is 2.21. The van der Waals surface area contributed by atoms with E-state index in [0.717, 1.165) is 24.0 Å². The maximum atomic E-state index is 6.12. The summed E-state index contributed by atoms with van der Waals surface area (Å²) in [4.78, 5) is 0. The van der Waals surface area contributed by atoms with E-state index < -0.39 is 0 Å². The fourth-order valence-corrected chi connectivity index (χ4v) is 1.98. The molecule has 1 N–H and O–H groups in total. The molecule has 1 aliphatic carbocycles. The maximum absolute atomic E-state index is 6.12. The van der Waals surface area contributed by atoms with Gasteiger partial charge in [-0.15, -0.1) is 0 Å². The normalized spacial score (nSPS) is 17.7. The van der Waals surface area contributed by atoms with Gasteiger partial charge in [0.2, 0.25) is 0 Å². The van der Waals surface area contributed by atoms with E-state index in [9.17, 15) is 0 Å². The molecule has 1 aromatic rings. The van der Waals surface area contributed by atoms with Crippen molar-refractivity contribution in [3.05, 3.63) is 34.9 Å². The Morgan fingerprint density at radius 3 is 2.80 bits per heavy atom. The molecule has 0 amide bonds. The predicted octanol–water partition coefficient (Wildman–Crippen LogP) is 3.27. The van der Waals surface area contributed by atoms with E-state index in [1.165, 1.54) is 18.4 Å². The minimum atomic E-state index is 0.658. The van der Waals surface area contributed by atoms with Crippen molar-refractivity contribution in [2.45, 2.75) is 32.2 Å². The van der Waals surface area contributed by atoms with Crippen molar-refractivity contribution < 1.29 is 0 Å². The minimum Gasteiger partial charge on any atom is -0.314 e. The van der Waals surface area contributed by atoms with Gasteiger partial charge in [-0.3, -0.25) is 0 Å². The first-order valence-electron chi connectivity index (χ1n) is 5.72. The van der Waals surface area contributed by atoms with Crippen LogP contribution in [-0.4, -0.2) is 12.6 Å². The molecule has 1 aromatic carbocycles. The first-order valence-corrected chi connectivity index (χ1v) is 6.10. The first-order chi connectivity index (χ1) is 7.25. The SMILES string of the molecule is CC(CNC1CC1)Cc1ccccc1Cl. The zero-order valence-electron chi connectivity index (χ0n) is 9.17. The van der Waals surface area contributed by atoms with Crippen LogP contribution in [0.3, 0.4) is 0 Å². The van der Waals surface area contributed by atoms with Gasteiger partial charge in [-0.2, -0.15) is 0 Å². The lowest BCUT2D eigenvalue weighted by Crippen LogP contribution is -2.24. The standard InChI is InChI=1S/C13H18ClN/c1-10(9-15-12-6-7-12)8-11-4-2-3-5-13(11)14/h2-5,10,12,15H,6-9H2,1H3. The van der Waals surface area contributed by atoms with Crippen LogP contribution < -0.4 is 5.32 Å². The Kier molecular flexibility index (Phi) is 3.66. The molecule has 2 rings (SSSR count). The molecule has 2 heteroatoms. The third kappa shape index (κ3) is 3.51. The molecule has 0 aromatic heterocycles. The van der Waals surface area contributed by atoms with Gasteiger partial charge in [-0.1, -0.05) is 36.7 Å². The molecule has 15 heavy (non-hydrogen) atoms. The van der Waals surface area contributed by atoms with Gasteiger partial charge in [0, 0.05) is 11.1 Å². The van der Waals surface area contributed by atoms with E-state index in [0.29, 0.717) is 5.92 Å². The van der Waals surface area contributed by atoms with E-state index >= 15 is 0 Å². The van der Waals surface area contributed by atoms with Crippen LogP contribution in [0.2, 0.25) is 5.02 Å². The number of halogens is 1. The van der Waals surface area contributed by atoms with E-state index in [2.05, 4.69) is 24.4 Å². The fourth-order valence-electron chi connectivity index (χ4n) is 1.77. The topological polar surface area (TPSA) is 12.0 Å². The summed E-state index contributed by atoms with van der Waals surface area (Å²) < 4.78 is 0. The Labute approximate surface area is 96.8 Å². The summed E-state index contributed by atoms with van der Waals surface area (Å²) in [6, 6.07) is 8.94. The molecular weight excluding hydrogens is 206 g/mol. The van der Waals surface area contributed by atoms with Gasteiger partial charge >= 0.3 is 0 Å². The second-order valence-corrected chi connectivity index (χ2v) is 4.99. The summed E-state index contributed by atoms with van der Waals surface area (Å²) in [6.45, 7) is 3.38. The van der Waals surface area contributed by atoms with Gasteiger partial charge in [-0.25, -0.2) is 0 Å². The largest absolute Gasteiger partial charge is 0.314 e. The van der Waals surface area contributed by atoms with Gasteiger partial charge in [0.05, 0.1) is 0 Å². The van der Waals surface area contributed by atoms with Crippen LogP contribution in [-0.2, 0) is 6.42 Å². The van der Waals surface area contributed by atoms with Crippen LogP contribution in [0.5, 0.6) is 0 Å². The van der Waals surface area contributed by atoms with Crippen molar-refractivity contribution in [1.82, 2.24) is 5.32 Å². The molecule has 0 bridgehead atoms. The summed E-state index contributed by atoms with van der Waals surface area (Å²) in [5, 5.41) is 4.45. The number of nitrogens with one attached hydrogen (secondary N) is 1. The van der Waals surface area contributed by atoms with Gasteiger partial charge in [0.1, 0.15) is 0 Å². The Morgan fingerprint density at radius 1 is 1.40 bits per heavy atom. The van der Waals surface area contributed by atoms with Crippen LogP contribution in [0, 0.1) is 5.92 Å². The van der Waals surface area contributed by atoms with Crippen LogP contribution >= 0.6 is 11.6 Å². The number of benzene rings is 1. The average molecular weight is 224 g/mol. The average Bonchev–Trinajstić information content (AvgIpc) is 3.02. The number of hydrogen-bond acceptors (Lipinski definition) is 1. The lowest BCUT2D eigenvalue weighted by molar-refractivity contribution is 0.509. The minimum absolute atomic E-state index is 0.658. The van der Waals surface area contributed by atoms with Gasteiger partial charge in [0.25, 0.3) is 0 Å². The molecule has 0 spiro atoms. The molecule has 0 heterocycles. The van der Waals surface area contributed by atoms with E-state index in [1.807, 2.05) is 12.1 Å². The Morgan fingerprint density at radius 2 is 2.13 bits per heavy atom. The Hall–Kier alpha value is -0.530. The Balaban J connectivity index is 1.81. The van der Waals surface area contributed by atoms with Gasteiger partial charge in [-0.05, 0) is 43.4 Å². The van der Waals surface area contributed by atoms with Gasteiger partial charge in [0.15, 0.2) is 0 Å². The summed E-state index contributed by atoms with van der Waals surface area (Å²) in [5.41, 5.74) is 1.27. The van der Waals surface area contributed by atoms with Crippen molar-refractivity contribution >= 4 is 11.6 Å². The summed E-state index contributed by atoms with van der Waals surface area (Å²) in [6.07, 6.45) is 3.79. The second kappa shape index (κ2) is 5.00. The summed E-state index contributed by atoms with van der Waals surface area (Å²) in [5.74, 6) is 0.658. The molecule has 1 saturated carbocycles. The molecule has 1 fully saturated rings. The molecule has 0 aliphatic heterocycles. The Bertz CT molecular complexity index is 320. The third-order valence-corrected chi connectivity index (χ3v) is 3.23. The fraction of sp³-hybridized carbons (Fsp3) is 0.538. The highest BCUT2D eigenvalue weighted by molar-refractivity contribution is 6.31. The van der Waals surface area contributed by atoms with Crippen LogP contribution in [0.1, 0.15) is 25.3 Å². The first kappa shape index (κ1) is 11.0. The smallest absolute Gasteiger partial charge is 0.0438 e. The van der Waals surface area contributed by atoms with Crippen LogP contribution in [0.25, 0.3) is 0 Å². The molecule has 1 aliphatic rings. The van der Waals surface area contributed by atoms with Crippen molar-refractivity contribution in [1.29, 1.82) is 0 Å². The van der Waals surface area contributed by atoms with Crippen LogP contribution in [0.4, 0.5) is 0 Å². The van der Waals surface area contributed by atoms with Crippen molar-refractivity contribution in [2.75, 3.05) is 6.54 Å². The molecule has 0 saturated heterocycles. The lowest BCUT2D eigenvalue weighted by Gasteiger charge is -2.13. The molecular formula is C13H18ClN. The number of rotatable bonds is 5. The quantitative estimate of drug-likeness (QED) is 0.808. The van der Waals surface area contributed by atoms with Crippen molar-refractivity contribution in [2.24, 2.45) is 5.92 Å². The maximum Gasteiger partial charge on any atom is 0.0438 e. The molecule has 1 atom stereocenters. The van der Waals surface area contributed by atoms with E-state index in [1.54, 1.807) is 0 Å². The van der Waals surface area contributed by atoms with Gasteiger partial charge < -0.3 is 5.32 Å². The van der Waals surface area contributed by atoms with Crippen LogP contribution in [0.15, 0.2) is 24.3 Å². The van der Waals surface area contributed by atoms with E-state index in [4.69, 9.17) is 11.6 Å². The second-order valence-electron chi connectivity index (χ2n) is 4.58. The van der Waals surface area contributed by atoms with Crippen molar-refractivity contribution in [3.8, 4) is 0 Å². The molecule has 82 valence electrons. The summed E-state index contributed by atoms with van der Waals surface area (Å²) >= 11 is 6.12. The predicted molar refractivity (Wildman–Crippen MR) is 65.3 cm³/mol. The highest BCUT2D eigenvalue weighted by Gasteiger charge is 2.20.